The maximum Gasteiger partial charge on any atom is 0.358 e. The highest BCUT2D eigenvalue weighted by Crippen LogP contribution is 2.09. The van der Waals surface area contributed by atoms with Gasteiger partial charge < -0.3 is 19.3 Å². The minimum atomic E-state index is -0.481. The molecule has 0 aliphatic rings. The zero-order valence-corrected chi connectivity index (χ0v) is 13.9. The van der Waals surface area contributed by atoms with E-state index in [1.807, 2.05) is 13.0 Å². The van der Waals surface area contributed by atoms with Gasteiger partial charge in [0, 0.05) is 12.6 Å². The molecule has 2 aromatic heterocycles. The number of unbranched alkanes of at least 4 members (excludes halogenated alkanes) is 2. The summed E-state index contributed by atoms with van der Waals surface area (Å²) in [6.45, 7) is 5.31. The van der Waals surface area contributed by atoms with Crippen LogP contribution in [0.1, 0.15) is 42.4 Å². The molecular weight excluding hydrogens is 312 g/mol. The molecule has 8 nitrogen and oxygen atoms in total. The van der Waals surface area contributed by atoms with Crippen LogP contribution in [0.15, 0.2) is 23.0 Å². The molecule has 0 unspecified atom stereocenters. The van der Waals surface area contributed by atoms with Crippen LogP contribution in [0.3, 0.4) is 0 Å². The fraction of sp³-hybridized carbons (Fsp3) is 0.500. The van der Waals surface area contributed by atoms with Gasteiger partial charge in [-0.25, -0.2) is 14.8 Å². The highest BCUT2D eigenvalue weighted by Gasteiger charge is 2.08. The Hall–Kier alpha value is -2.64. The maximum absolute atomic E-state index is 11.4. The van der Waals surface area contributed by atoms with Gasteiger partial charge in [-0.3, -0.25) is 0 Å². The van der Waals surface area contributed by atoms with Crippen molar-refractivity contribution in [3.63, 3.8) is 0 Å². The maximum atomic E-state index is 11.4. The van der Waals surface area contributed by atoms with E-state index < -0.39 is 5.97 Å². The van der Waals surface area contributed by atoms with Gasteiger partial charge in [-0.15, -0.1) is 0 Å². The van der Waals surface area contributed by atoms with Crippen LogP contribution in [-0.4, -0.2) is 40.9 Å². The molecule has 0 atom stereocenters. The molecule has 0 bridgehead atoms. The molecule has 130 valence electrons. The predicted molar refractivity (Wildman–Crippen MR) is 87.1 cm³/mol. The number of aromatic nitrogens is 3. The largest absolute Gasteiger partial charge is 0.477 e. The summed E-state index contributed by atoms with van der Waals surface area (Å²) in [7, 11) is 0. The van der Waals surface area contributed by atoms with Crippen LogP contribution in [0.5, 0.6) is 5.88 Å². The number of nitrogens with one attached hydrogen (secondary N) is 1. The van der Waals surface area contributed by atoms with Crippen LogP contribution >= 0.6 is 0 Å². The lowest BCUT2D eigenvalue weighted by Crippen LogP contribution is -2.08. The third-order valence-electron chi connectivity index (χ3n) is 3.11. The monoisotopic (exact) mass is 334 g/mol. The van der Waals surface area contributed by atoms with Crippen molar-refractivity contribution in [2.75, 3.05) is 25.1 Å². The summed E-state index contributed by atoms with van der Waals surface area (Å²) in [5.74, 6) is 0.616. The van der Waals surface area contributed by atoms with Gasteiger partial charge in [-0.05, 0) is 33.1 Å². The molecule has 0 aliphatic carbocycles. The molecule has 0 saturated heterocycles. The fourth-order valence-corrected chi connectivity index (χ4v) is 1.94. The van der Waals surface area contributed by atoms with Crippen molar-refractivity contribution < 1.29 is 18.8 Å². The number of rotatable bonds is 10. The number of esters is 1. The molecule has 0 aromatic carbocycles. The van der Waals surface area contributed by atoms with Gasteiger partial charge in [0.25, 0.3) is 0 Å². The van der Waals surface area contributed by atoms with Crippen molar-refractivity contribution in [1.82, 2.24) is 15.1 Å². The number of hydrogen-bond donors (Lipinski definition) is 1. The molecule has 2 aromatic rings. The van der Waals surface area contributed by atoms with E-state index in [1.165, 1.54) is 12.4 Å². The second-order valence-corrected chi connectivity index (χ2v) is 5.13. The van der Waals surface area contributed by atoms with E-state index in [1.54, 1.807) is 6.92 Å². The van der Waals surface area contributed by atoms with Crippen LogP contribution in [0.4, 0.5) is 5.88 Å². The predicted octanol–water partition coefficient (Wildman–Crippen LogP) is 2.61. The number of nitrogens with zero attached hydrogens (tertiary/aromatic N) is 3. The molecule has 24 heavy (non-hydrogen) atoms. The Kier molecular flexibility index (Phi) is 7.00. The highest BCUT2D eigenvalue weighted by atomic mass is 16.5. The number of carbonyl (C=O) groups is 1. The molecule has 0 aliphatic heterocycles. The summed E-state index contributed by atoms with van der Waals surface area (Å²) >= 11 is 0. The summed E-state index contributed by atoms with van der Waals surface area (Å²) < 4.78 is 15.4. The molecule has 0 saturated carbocycles. The molecule has 0 radical (unpaired) electrons. The summed E-state index contributed by atoms with van der Waals surface area (Å²) in [5.41, 5.74) is 1.04. The quantitative estimate of drug-likeness (QED) is 0.523. The van der Waals surface area contributed by atoms with E-state index in [2.05, 4.69) is 20.4 Å². The van der Waals surface area contributed by atoms with Crippen LogP contribution in [0, 0.1) is 6.92 Å². The Morgan fingerprint density at radius 2 is 2.12 bits per heavy atom. The normalized spacial score (nSPS) is 10.4. The minimum Gasteiger partial charge on any atom is -0.477 e. The third kappa shape index (κ3) is 5.86. The Morgan fingerprint density at radius 3 is 2.79 bits per heavy atom. The molecule has 2 rings (SSSR count). The lowest BCUT2D eigenvalue weighted by atomic mass is 10.2. The van der Waals surface area contributed by atoms with E-state index in [4.69, 9.17) is 14.0 Å². The first-order chi connectivity index (χ1) is 11.7. The molecule has 2 heterocycles. The van der Waals surface area contributed by atoms with Crippen molar-refractivity contribution in [2.24, 2.45) is 0 Å². The van der Waals surface area contributed by atoms with Crippen molar-refractivity contribution >= 4 is 11.9 Å². The Morgan fingerprint density at radius 1 is 1.25 bits per heavy atom. The van der Waals surface area contributed by atoms with Gasteiger partial charge in [0.05, 0.1) is 31.3 Å². The lowest BCUT2D eigenvalue weighted by molar-refractivity contribution is 0.0518. The van der Waals surface area contributed by atoms with Gasteiger partial charge in [-0.1, -0.05) is 5.16 Å². The van der Waals surface area contributed by atoms with E-state index in [9.17, 15) is 4.79 Å². The summed E-state index contributed by atoms with van der Waals surface area (Å²) in [4.78, 5) is 19.5. The van der Waals surface area contributed by atoms with Gasteiger partial charge >= 0.3 is 5.97 Å². The van der Waals surface area contributed by atoms with E-state index in [-0.39, 0.29) is 5.69 Å². The number of carbonyl (C=O) groups excluding carboxylic acids is 1. The SMILES string of the molecule is CCOC(=O)c1cnc(OCCCCCNc2cc(C)no2)cn1. The first-order valence-corrected chi connectivity index (χ1v) is 7.98. The van der Waals surface area contributed by atoms with Crippen LogP contribution in [-0.2, 0) is 4.74 Å². The van der Waals surface area contributed by atoms with E-state index in [0.29, 0.717) is 25.0 Å². The Balaban J connectivity index is 1.56. The first-order valence-electron chi connectivity index (χ1n) is 7.98. The summed E-state index contributed by atoms with van der Waals surface area (Å²) in [5, 5.41) is 6.97. The number of ether oxygens (including phenoxy) is 2. The molecule has 8 heteroatoms. The first kappa shape index (κ1) is 17.7. The second-order valence-electron chi connectivity index (χ2n) is 5.13. The number of hydrogen-bond acceptors (Lipinski definition) is 8. The van der Waals surface area contributed by atoms with E-state index in [0.717, 1.165) is 31.5 Å². The standard InChI is InChI=1S/C16H22N4O4/c1-3-22-16(21)13-10-19-15(11-18-13)23-8-6-4-5-7-17-14-9-12(2)20-24-14/h9-11,17H,3-8H2,1-2H3. The average Bonchev–Trinajstić information content (AvgIpc) is 3.00. The minimum absolute atomic E-state index is 0.179. The van der Waals surface area contributed by atoms with Crippen molar-refractivity contribution in [3.05, 3.63) is 29.8 Å². The van der Waals surface area contributed by atoms with E-state index >= 15 is 0 Å². The molecule has 0 fully saturated rings. The van der Waals surface area contributed by atoms with Gasteiger partial charge in [-0.2, -0.15) is 0 Å². The Labute approximate surface area is 140 Å². The number of anilines is 1. The molecule has 1 N–H and O–H groups in total. The van der Waals surface area contributed by atoms with Gasteiger partial charge in [0.2, 0.25) is 11.8 Å². The zero-order valence-electron chi connectivity index (χ0n) is 13.9. The van der Waals surface area contributed by atoms with Crippen molar-refractivity contribution in [2.45, 2.75) is 33.1 Å². The smallest absolute Gasteiger partial charge is 0.358 e. The van der Waals surface area contributed by atoms with Gasteiger partial charge in [0.15, 0.2) is 5.69 Å². The topological polar surface area (TPSA) is 99.4 Å². The summed E-state index contributed by atoms with van der Waals surface area (Å²) in [6, 6.07) is 1.86. The van der Waals surface area contributed by atoms with Crippen LogP contribution in [0.25, 0.3) is 0 Å². The van der Waals surface area contributed by atoms with Crippen molar-refractivity contribution in [3.8, 4) is 5.88 Å². The van der Waals surface area contributed by atoms with Gasteiger partial charge in [0.1, 0.15) is 0 Å². The van der Waals surface area contributed by atoms with Crippen LogP contribution < -0.4 is 10.1 Å². The highest BCUT2D eigenvalue weighted by molar-refractivity contribution is 5.86. The van der Waals surface area contributed by atoms with Crippen LogP contribution in [0.2, 0.25) is 0 Å². The third-order valence-corrected chi connectivity index (χ3v) is 3.11. The zero-order chi connectivity index (χ0) is 17.2. The number of aryl methyl sites for hydroxylation is 1. The van der Waals surface area contributed by atoms with Crippen molar-refractivity contribution in [1.29, 1.82) is 0 Å². The lowest BCUT2D eigenvalue weighted by Gasteiger charge is -2.06. The molecule has 0 spiro atoms. The second kappa shape index (κ2) is 9.49. The fourth-order valence-electron chi connectivity index (χ4n) is 1.94. The Bertz CT molecular complexity index is 627. The average molecular weight is 334 g/mol. The molecular formula is C16H22N4O4. The molecule has 0 amide bonds. The summed E-state index contributed by atoms with van der Waals surface area (Å²) in [6.07, 6.45) is 5.69.